The molecule has 0 spiro atoms. The van der Waals surface area contributed by atoms with Gasteiger partial charge in [0.1, 0.15) is 5.75 Å². The monoisotopic (exact) mass is 309 g/mol. The molecule has 0 radical (unpaired) electrons. The molecule has 1 atom stereocenters. The highest BCUT2D eigenvalue weighted by Crippen LogP contribution is 2.27. The van der Waals surface area contributed by atoms with Crippen molar-refractivity contribution in [1.29, 1.82) is 0 Å². The molecule has 1 heterocycles. The largest absolute Gasteiger partial charge is 0.470 e. The molecule has 2 amide bonds. The minimum absolute atomic E-state index is 0.275. The Balaban J connectivity index is 1.88. The maximum absolute atomic E-state index is 12.6. The van der Waals surface area contributed by atoms with Gasteiger partial charge in [0.15, 0.2) is 6.23 Å². The zero-order chi connectivity index (χ0) is 16.2. The van der Waals surface area contributed by atoms with Gasteiger partial charge >= 0.3 is 0 Å². The molecular weight excluding hydrogens is 290 g/mol. The molecule has 2 aromatic carbocycles. The fourth-order valence-electron chi connectivity index (χ4n) is 2.75. The minimum Gasteiger partial charge on any atom is -0.470 e. The SMILES string of the molecule is CCCCC(Oc1ccccc1)N1C(=O)c2ccccc2C1=O. The van der Waals surface area contributed by atoms with E-state index >= 15 is 0 Å². The number of fused-ring (bicyclic) bond motifs is 1. The van der Waals surface area contributed by atoms with Gasteiger partial charge in [0.2, 0.25) is 0 Å². The van der Waals surface area contributed by atoms with Crippen molar-refractivity contribution in [2.24, 2.45) is 0 Å². The van der Waals surface area contributed by atoms with Crippen LogP contribution in [0.2, 0.25) is 0 Å². The number of hydrogen-bond acceptors (Lipinski definition) is 3. The van der Waals surface area contributed by atoms with Crippen LogP contribution in [0.15, 0.2) is 54.6 Å². The van der Waals surface area contributed by atoms with Crippen molar-refractivity contribution in [2.45, 2.75) is 32.4 Å². The predicted octanol–water partition coefficient (Wildman–Crippen LogP) is 3.88. The third kappa shape index (κ3) is 2.97. The summed E-state index contributed by atoms with van der Waals surface area (Å²) in [5.41, 5.74) is 0.909. The van der Waals surface area contributed by atoms with Crippen LogP contribution in [0.1, 0.15) is 46.9 Å². The Morgan fingerprint density at radius 1 is 0.913 bits per heavy atom. The molecular formula is C19H19NO3. The second-order valence-corrected chi connectivity index (χ2v) is 5.55. The summed E-state index contributed by atoms with van der Waals surface area (Å²) in [6, 6.07) is 16.2. The Labute approximate surface area is 135 Å². The van der Waals surface area contributed by atoms with Gasteiger partial charge in [-0.25, -0.2) is 4.90 Å². The molecule has 0 saturated carbocycles. The van der Waals surface area contributed by atoms with Crippen LogP contribution in [0.3, 0.4) is 0 Å². The van der Waals surface area contributed by atoms with Crippen LogP contribution in [0.4, 0.5) is 0 Å². The Hall–Kier alpha value is -2.62. The summed E-state index contributed by atoms with van der Waals surface area (Å²) >= 11 is 0. The van der Waals surface area contributed by atoms with Gasteiger partial charge in [-0.05, 0) is 30.7 Å². The molecule has 0 fully saturated rings. The van der Waals surface area contributed by atoms with Crippen LogP contribution in [0.25, 0.3) is 0 Å². The first-order chi connectivity index (χ1) is 11.2. The van der Waals surface area contributed by atoms with Gasteiger partial charge in [-0.15, -0.1) is 0 Å². The molecule has 1 aliphatic heterocycles. The number of nitrogens with zero attached hydrogens (tertiary/aromatic N) is 1. The number of amides is 2. The van der Waals surface area contributed by atoms with E-state index in [1.54, 1.807) is 24.3 Å². The number of carbonyl (C=O) groups excluding carboxylic acids is 2. The zero-order valence-electron chi connectivity index (χ0n) is 13.1. The van der Waals surface area contributed by atoms with Crippen molar-refractivity contribution in [1.82, 2.24) is 4.90 Å². The number of imide groups is 1. The molecule has 118 valence electrons. The van der Waals surface area contributed by atoms with Gasteiger partial charge in [0, 0.05) is 6.42 Å². The topological polar surface area (TPSA) is 46.6 Å². The van der Waals surface area contributed by atoms with Gasteiger partial charge < -0.3 is 4.74 Å². The van der Waals surface area contributed by atoms with Gasteiger partial charge in [-0.2, -0.15) is 0 Å². The molecule has 2 aromatic rings. The van der Waals surface area contributed by atoms with E-state index in [4.69, 9.17) is 4.74 Å². The molecule has 1 unspecified atom stereocenters. The van der Waals surface area contributed by atoms with E-state index in [2.05, 4.69) is 6.92 Å². The summed E-state index contributed by atoms with van der Waals surface area (Å²) in [4.78, 5) is 26.5. The fraction of sp³-hybridized carbons (Fsp3) is 0.263. The van der Waals surface area contributed by atoms with Crippen LogP contribution < -0.4 is 4.74 Å². The van der Waals surface area contributed by atoms with E-state index in [-0.39, 0.29) is 11.8 Å². The lowest BCUT2D eigenvalue weighted by Gasteiger charge is -2.27. The third-order valence-corrected chi connectivity index (χ3v) is 3.93. The maximum Gasteiger partial charge on any atom is 0.264 e. The van der Waals surface area contributed by atoms with Gasteiger partial charge in [-0.1, -0.05) is 43.7 Å². The normalized spacial score (nSPS) is 14.7. The van der Waals surface area contributed by atoms with Crippen molar-refractivity contribution in [3.05, 3.63) is 65.7 Å². The summed E-state index contributed by atoms with van der Waals surface area (Å²) in [7, 11) is 0. The van der Waals surface area contributed by atoms with Crippen molar-refractivity contribution < 1.29 is 14.3 Å². The number of hydrogen-bond donors (Lipinski definition) is 0. The Bertz CT molecular complexity index is 677. The molecule has 0 N–H and O–H groups in total. The van der Waals surface area contributed by atoms with Crippen molar-refractivity contribution in [3.8, 4) is 5.75 Å². The first-order valence-corrected chi connectivity index (χ1v) is 7.91. The number of unbranched alkanes of at least 4 members (excludes halogenated alkanes) is 1. The highest BCUT2D eigenvalue weighted by molar-refractivity contribution is 6.21. The highest BCUT2D eigenvalue weighted by atomic mass is 16.5. The maximum atomic E-state index is 12.6. The van der Waals surface area contributed by atoms with E-state index in [1.165, 1.54) is 4.90 Å². The lowest BCUT2D eigenvalue weighted by atomic mass is 10.1. The number of rotatable bonds is 6. The fourth-order valence-corrected chi connectivity index (χ4v) is 2.75. The van der Waals surface area contributed by atoms with Crippen molar-refractivity contribution in [2.75, 3.05) is 0 Å². The molecule has 0 bridgehead atoms. The van der Waals surface area contributed by atoms with E-state index in [1.807, 2.05) is 30.3 Å². The average Bonchev–Trinajstić information content (AvgIpc) is 2.84. The van der Waals surface area contributed by atoms with Crippen LogP contribution in [-0.2, 0) is 0 Å². The molecule has 23 heavy (non-hydrogen) atoms. The summed E-state index contributed by atoms with van der Waals surface area (Å²) in [6.07, 6.45) is 1.89. The second-order valence-electron chi connectivity index (χ2n) is 5.55. The van der Waals surface area contributed by atoms with E-state index < -0.39 is 6.23 Å². The van der Waals surface area contributed by atoms with E-state index in [0.717, 1.165) is 12.8 Å². The average molecular weight is 309 g/mol. The highest BCUT2D eigenvalue weighted by Gasteiger charge is 2.40. The molecule has 1 aliphatic rings. The first kappa shape index (κ1) is 15.3. The quantitative estimate of drug-likeness (QED) is 0.761. The van der Waals surface area contributed by atoms with Gasteiger partial charge in [0.05, 0.1) is 11.1 Å². The second kappa shape index (κ2) is 6.65. The Kier molecular flexibility index (Phi) is 4.42. The van der Waals surface area contributed by atoms with Crippen molar-refractivity contribution in [3.63, 3.8) is 0 Å². The molecule has 4 heteroatoms. The summed E-state index contributed by atoms with van der Waals surface area (Å²) < 4.78 is 5.96. The lowest BCUT2D eigenvalue weighted by molar-refractivity contribution is 0.0202. The van der Waals surface area contributed by atoms with Crippen LogP contribution >= 0.6 is 0 Å². The van der Waals surface area contributed by atoms with Gasteiger partial charge in [-0.3, -0.25) is 9.59 Å². The van der Waals surface area contributed by atoms with Crippen LogP contribution in [0.5, 0.6) is 5.75 Å². The molecule has 0 aliphatic carbocycles. The summed E-state index contributed by atoms with van der Waals surface area (Å²) in [6.45, 7) is 2.07. The number of ether oxygens (including phenoxy) is 1. The molecule has 3 rings (SSSR count). The molecule has 0 aromatic heterocycles. The van der Waals surface area contributed by atoms with E-state index in [0.29, 0.717) is 23.3 Å². The minimum atomic E-state index is -0.579. The number of benzene rings is 2. The van der Waals surface area contributed by atoms with Crippen LogP contribution in [-0.4, -0.2) is 22.9 Å². The standard InChI is InChI=1S/C19H19NO3/c1-2-3-13-17(23-14-9-5-4-6-10-14)20-18(21)15-11-7-8-12-16(15)19(20)22/h4-12,17H,2-3,13H2,1H3. The summed E-state index contributed by atoms with van der Waals surface area (Å²) in [5.74, 6) is 0.107. The first-order valence-electron chi connectivity index (χ1n) is 7.91. The summed E-state index contributed by atoms with van der Waals surface area (Å²) in [5, 5.41) is 0. The lowest BCUT2D eigenvalue weighted by Crippen LogP contribution is -2.43. The smallest absolute Gasteiger partial charge is 0.264 e. The number of carbonyl (C=O) groups is 2. The van der Waals surface area contributed by atoms with Gasteiger partial charge in [0.25, 0.3) is 11.8 Å². The van der Waals surface area contributed by atoms with Crippen molar-refractivity contribution >= 4 is 11.8 Å². The molecule has 4 nitrogen and oxygen atoms in total. The predicted molar refractivity (Wildman–Crippen MR) is 87.3 cm³/mol. The number of para-hydroxylation sites is 1. The van der Waals surface area contributed by atoms with Crippen LogP contribution in [0, 0.1) is 0 Å². The molecule has 0 saturated heterocycles. The third-order valence-electron chi connectivity index (χ3n) is 3.93. The Morgan fingerprint density at radius 3 is 2.04 bits per heavy atom. The zero-order valence-corrected chi connectivity index (χ0v) is 13.1. The van der Waals surface area contributed by atoms with E-state index in [9.17, 15) is 9.59 Å². The Morgan fingerprint density at radius 2 is 1.48 bits per heavy atom.